The molecule has 2 aliphatic heterocycles. The standard InChI is InChI=1S/C19H37N3O/c1-16(2)9-14(10-17(3,4)20-16)22(13-23)15-11-18(5,6)21-19(7,8)12-15/h13-15,20-21H,9-12H2,1-8H3. The van der Waals surface area contributed by atoms with Crippen molar-refractivity contribution in [2.45, 2.75) is 115 Å². The average Bonchev–Trinajstić information content (AvgIpc) is 2.20. The van der Waals surface area contributed by atoms with E-state index >= 15 is 0 Å². The highest BCUT2D eigenvalue weighted by atomic mass is 16.1. The van der Waals surface area contributed by atoms with Gasteiger partial charge in [0.2, 0.25) is 6.41 Å². The summed E-state index contributed by atoms with van der Waals surface area (Å²) in [6.45, 7) is 18.0. The molecule has 2 heterocycles. The Morgan fingerprint density at radius 1 is 0.696 bits per heavy atom. The molecule has 2 rings (SSSR count). The lowest BCUT2D eigenvalue weighted by molar-refractivity contribution is -0.127. The first kappa shape index (κ1) is 18.7. The van der Waals surface area contributed by atoms with Crippen molar-refractivity contribution >= 4 is 6.41 Å². The lowest BCUT2D eigenvalue weighted by Crippen LogP contribution is -2.66. The summed E-state index contributed by atoms with van der Waals surface area (Å²) < 4.78 is 0. The van der Waals surface area contributed by atoms with E-state index in [-0.39, 0.29) is 22.2 Å². The van der Waals surface area contributed by atoms with Crippen LogP contribution in [0.25, 0.3) is 0 Å². The van der Waals surface area contributed by atoms with E-state index in [9.17, 15) is 4.79 Å². The van der Waals surface area contributed by atoms with Crippen LogP contribution in [0.2, 0.25) is 0 Å². The van der Waals surface area contributed by atoms with Gasteiger partial charge in [-0.05, 0) is 81.1 Å². The number of piperidine rings is 2. The second kappa shape index (κ2) is 5.73. The lowest BCUT2D eigenvalue weighted by atomic mass is 9.75. The van der Waals surface area contributed by atoms with Crippen LogP contribution in [-0.2, 0) is 4.79 Å². The molecule has 0 aromatic heterocycles. The number of nitrogens with one attached hydrogen (secondary N) is 2. The van der Waals surface area contributed by atoms with Crippen LogP contribution in [0.4, 0.5) is 0 Å². The molecule has 2 saturated heterocycles. The van der Waals surface area contributed by atoms with Gasteiger partial charge in [-0.3, -0.25) is 4.79 Å². The maximum absolute atomic E-state index is 12.0. The van der Waals surface area contributed by atoms with E-state index in [1.54, 1.807) is 0 Å². The second-order valence-corrected chi connectivity index (χ2v) is 10.5. The third-order valence-corrected chi connectivity index (χ3v) is 5.30. The number of hydrogen-bond acceptors (Lipinski definition) is 3. The highest BCUT2D eigenvalue weighted by Crippen LogP contribution is 2.37. The summed E-state index contributed by atoms with van der Waals surface area (Å²) in [5, 5.41) is 7.44. The number of carbonyl (C=O) groups is 1. The van der Waals surface area contributed by atoms with Crippen LogP contribution in [0.1, 0.15) is 81.1 Å². The Hall–Kier alpha value is -0.610. The van der Waals surface area contributed by atoms with E-state index in [1.165, 1.54) is 0 Å². The summed E-state index contributed by atoms with van der Waals surface area (Å²) in [6, 6.07) is 0.627. The maximum atomic E-state index is 12.0. The Morgan fingerprint density at radius 3 is 1.17 bits per heavy atom. The first-order valence-electron chi connectivity index (χ1n) is 9.06. The number of nitrogens with zero attached hydrogens (tertiary/aromatic N) is 1. The van der Waals surface area contributed by atoms with E-state index in [4.69, 9.17) is 0 Å². The van der Waals surface area contributed by atoms with Crippen molar-refractivity contribution < 1.29 is 4.79 Å². The van der Waals surface area contributed by atoms with Crippen LogP contribution in [-0.4, -0.2) is 45.5 Å². The van der Waals surface area contributed by atoms with Gasteiger partial charge in [-0.25, -0.2) is 0 Å². The van der Waals surface area contributed by atoms with E-state index < -0.39 is 0 Å². The molecule has 0 aliphatic carbocycles. The minimum atomic E-state index is 0.0611. The highest BCUT2D eigenvalue weighted by molar-refractivity contribution is 5.49. The van der Waals surface area contributed by atoms with Crippen LogP contribution < -0.4 is 10.6 Å². The molecule has 0 aromatic carbocycles. The Labute approximate surface area is 142 Å². The summed E-state index contributed by atoms with van der Waals surface area (Å²) in [5.74, 6) is 0. The largest absolute Gasteiger partial charge is 0.339 e. The Bertz CT molecular complexity index is 384. The van der Waals surface area contributed by atoms with E-state index in [1.807, 2.05) is 0 Å². The second-order valence-electron chi connectivity index (χ2n) is 10.5. The van der Waals surface area contributed by atoms with Gasteiger partial charge in [0.1, 0.15) is 0 Å². The maximum Gasteiger partial charge on any atom is 0.210 e. The zero-order valence-corrected chi connectivity index (χ0v) is 16.4. The normalized spacial score (nSPS) is 29.9. The quantitative estimate of drug-likeness (QED) is 0.785. The molecule has 0 bridgehead atoms. The fourth-order valence-corrected chi connectivity index (χ4v) is 5.43. The van der Waals surface area contributed by atoms with Crippen LogP contribution in [0, 0.1) is 0 Å². The zero-order chi connectivity index (χ0) is 17.7. The molecule has 0 aromatic rings. The molecule has 0 radical (unpaired) electrons. The summed E-state index contributed by atoms with van der Waals surface area (Å²) in [7, 11) is 0. The van der Waals surface area contributed by atoms with Crippen LogP contribution in [0.3, 0.4) is 0 Å². The molecule has 2 aliphatic rings. The molecule has 134 valence electrons. The summed E-state index contributed by atoms with van der Waals surface area (Å²) in [5.41, 5.74) is 0.245. The van der Waals surface area contributed by atoms with Gasteiger partial charge in [0.05, 0.1) is 0 Å². The van der Waals surface area contributed by atoms with E-state index in [0.29, 0.717) is 12.1 Å². The van der Waals surface area contributed by atoms with Crippen molar-refractivity contribution in [2.24, 2.45) is 0 Å². The molecule has 2 fully saturated rings. The summed E-state index contributed by atoms with van der Waals surface area (Å²) >= 11 is 0. The molecule has 0 saturated carbocycles. The molecule has 0 unspecified atom stereocenters. The minimum absolute atomic E-state index is 0.0611. The number of hydrogen-bond donors (Lipinski definition) is 2. The molecule has 1 amide bonds. The Morgan fingerprint density at radius 2 is 0.957 bits per heavy atom. The van der Waals surface area contributed by atoms with E-state index in [0.717, 1.165) is 32.1 Å². The smallest absolute Gasteiger partial charge is 0.210 e. The summed E-state index contributed by atoms with van der Waals surface area (Å²) in [6.07, 6.45) is 5.17. The topological polar surface area (TPSA) is 44.4 Å². The number of carbonyl (C=O) groups excluding carboxylic acids is 1. The fraction of sp³-hybridized carbons (Fsp3) is 0.947. The van der Waals surface area contributed by atoms with Crippen LogP contribution in [0.15, 0.2) is 0 Å². The van der Waals surface area contributed by atoms with Crippen molar-refractivity contribution in [1.29, 1.82) is 0 Å². The van der Waals surface area contributed by atoms with Crippen molar-refractivity contribution in [3.63, 3.8) is 0 Å². The monoisotopic (exact) mass is 323 g/mol. The average molecular weight is 324 g/mol. The minimum Gasteiger partial charge on any atom is -0.339 e. The van der Waals surface area contributed by atoms with Crippen LogP contribution in [0.5, 0.6) is 0 Å². The molecule has 4 nitrogen and oxygen atoms in total. The van der Waals surface area contributed by atoms with Crippen molar-refractivity contribution in [2.75, 3.05) is 0 Å². The number of rotatable bonds is 3. The number of amides is 1. The van der Waals surface area contributed by atoms with Crippen LogP contribution >= 0.6 is 0 Å². The van der Waals surface area contributed by atoms with Gasteiger partial charge in [0.25, 0.3) is 0 Å². The van der Waals surface area contributed by atoms with E-state index in [2.05, 4.69) is 70.9 Å². The van der Waals surface area contributed by atoms with Gasteiger partial charge in [-0.15, -0.1) is 0 Å². The van der Waals surface area contributed by atoms with Crippen molar-refractivity contribution in [3.05, 3.63) is 0 Å². The molecule has 2 N–H and O–H groups in total. The van der Waals surface area contributed by atoms with Gasteiger partial charge in [0, 0.05) is 34.2 Å². The molecular weight excluding hydrogens is 286 g/mol. The third kappa shape index (κ3) is 4.69. The van der Waals surface area contributed by atoms with Gasteiger partial charge >= 0.3 is 0 Å². The third-order valence-electron chi connectivity index (χ3n) is 5.30. The molecular formula is C19H37N3O. The van der Waals surface area contributed by atoms with Gasteiger partial charge in [-0.2, -0.15) is 0 Å². The molecule has 23 heavy (non-hydrogen) atoms. The lowest BCUT2D eigenvalue weighted by Gasteiger charge is -2.54. The predicted molar refractivity (Wildman–Crippen MR) is 96.5 cm³/mol. The Balaban J connectivity index is 2.23. The Kier molecular flexibility index (Phi) is 4.67. The molecule has 0 spiro atoms. The van der Waals surface area contributed by atoms with Crippen molar-refractivity contribution in [1.82, 2.24) is 15.5 Å². The highest BCUT2D eigenvalue weighted by Gasteiger charge is 2.45. The molecule has 4 heteroatoms. The predicted octanol–water partition coefficient (Wildman–Crippen LogP) is 3.06. The van der Waals surface area contributed by atoms with Gasteiger partial charge < -0.3 is 15.5 Å². The zero-order valence-electron chi connectivity index (χ0n) is 16.4. The fourth-order valence-electron chi connectivity index (χ4n) is 5.43. The first-order valence-corrected chi connectivity index (χ1v) is 9.06. The first-order chi connectivity index (χ1) is 10.2. The molecule has 0 atom stereocenters. The summed E-state index contributed by atoms with van der Waals surface area (Å²) in [4.78, 5) is 14.2. The van der Waals surface area contributed by atoms with Gasteiger partial charge in [0.15, 0.2) is 0 Å². The van der Waals surface area contributed by atoms with Crippen molar-refractivity contribution in [3.8, 4) is 0 Å². The SMILES string of the molecule is CC1(C)CC(N(C=O)C2CC(C)(C)NC(C)(C)C2)CC(C)(C)N1. The van der Waals surface area contributed by atoms with Gasteiger partial charge in [-0.1, -0.05) is 0 Å².